The van der Waals surface area contributed by atoms with Gasteiger partial charge in [-0.1, -0.05) is 0 Å². The zero-order chi connectivity index (χ0) is 12.5. The molecule has 88 valence electrons. The van der Waals surface area contributed by atoms with E-state index in [4.69, 9.17) is 5.11 Å². The standard InChI is InChI=1S/C11H15NO4/c1-7-6-8(13)12(10(7)16)11(2,3)5-4-9(14)15/h6H,4-5H2,1-3H3,(H,14,15). The molecular formula is C11H15NO4. The molecule has 5 nitrogen and oxygen atoms in total. The van der Waals surface area contributed by atoms with Crippen molar-refractivity contribution in [2.75, 3.05) is 0 Å². The summed E-state index contributed by atoms with van der Waals surface area (Å²) in [5.41, 5.74) is -0.366. The van der Waals surface area contributed by atoms with Gasteiger partial charge in [0.1, 0.15) is 0 Å². The minimum absolute atomic E-state index is 0.0664. The number of carboxylic acids is 1. The van der Waals surface area contributed by atoms with E-state index in [0.29, 0.717) is 5.57 Å². The quantitative estimate of drug-likeness (QED) is 0.723. The normalized spacial score (nSPS) is 16.7. The Bertz CT molecular complexity index is 381. The number of amides is 2. The van der Waals surface area contributed by atoms with E-state index in [9.17, 15) is 14.4 Å². The first-order chi connectivity index (χ1) is 7.25. The second-order valence-electron chi connectivity index (χ2n) is 4.51. The van der Waals surface area contributed by atoms with Crippen LogP contribution >= 0.6 is 0 Å². The van der Waals surface area contributed by atoms with Crippen LogP contribution in [0.25, 0.3) is 0 Å². The number of imide groups is 1. The van der Waals surface area contributed by atoms with E-state index in [-0.39, 0.29) is 24.7 Å². The van der Waals surface area contributed by atoms with E-state index < -0.39 is 11.5 Å². The van der Waals surface area contributed by atoms with Gasteiger partial charge in [0.15, 0.2) is 0 Å². The van der Waals surface area contributed by atoms with Gasteiger partial charge in [-0.25, -0.2) is 0 Å². The number of nitrogens with zero attached hydrogens (tertiary/aromatic N) is 1. The Morgan fingerprint density at radius 3 is 2.38 bits per heavy atom. The molecule has 0 radical (unpaired) electrons. The largest absolute Gasteiger partial charge is 0.481 e. The number of carbonyl (C=O) groups excluding carboxylic acids is 2. The third-order valence-corrected chi connectivity index (χ3v) is 2.66. The molecule has 0 spiro atoms. The van der Waals surface area contributed by atoms with Crippen molar-refractivity contribution in [1.82, 2.24) is 4.90 Å². The molecule has 1 aliphatic rings. The van der Waals surface area contributed by atoms with E-state index in [0.717, 1.165) is 4.90 Å². The van der Waals surface area contributed by atoms with Crippen molar-refractivity contribution in [2.45, 2.75) is 39.2 Å². The number of carboxylic acid groups (broad SMARTS) is 1. The van der Waals surface area contributed by atoms with Gasteiger partial charge in [-0.15, -0.1) is 0 Å². The highest BCUT2D eigenvalue weighted by atomic mass is 16.4. The van der Waals surface area contributed by atoms with Gasteiger partial charge in [0.2, 0.25) is 0 Å². The molecule has 0 bridgehead atoms. The van der Waals surface area contributed by atoms with Gasteiger partial charge in [-0.05, 0) is 27.2 Å². The molecule has 1 rings (SSSR count). The second-order valence-corrected chi connectivity index (χ2v) is 4.51. The fourth-order valence-electron chi connectivity index (χ4n) is 1.69. The molecule has 0 saturated carbocycles. The van der Waals surface area contributed by atoms with Crippen LogP contribution in [0.15, 0.2) is 11.6 Å². The lowest BCUT2D eigenvalue weighted by Gasteiger charge is -2.33. The maximum Gasteiger partial charge on any atom is 0.303 e. The summed E-state index contributed by atoms with van der Waals surface area (Å²) in [7, 11) is 0. The third kappa shape index (κ3) is 2.29. The summed E-state index contributed by atoms with van der Waals surface area (Å²) >= 11 is 0. The highest BCUT2D eigenvalue weighted by Crippen LogP contribution is 2.26. The average molecular weight is 225 g/mol. The number of rotatable bonds is 4. The summed E-state index contributed by atoms with van der Waals surface area (Å²) in [4.78, 5) is 34.9. The van der Waals surface area contributed by atoms with E-state index in [2.05, 4.69) is 0 Å². The Balaban J connectivity index is 2.81. The summed E-state index contributed by atoms with van der Waals surface area (Å²) in [5.74, 6) is -1.63. The van der Waals surface area contributed by atoms with Crippen LogP contribution in [0, 0.1) is 0 Å². The highest BCUT2D eigenvalue weighted by molar-refractivity contribution is 6.16. The van der Waals surface area contributed by atoms with Crippen LogP contribution in [0.5, 0.6) is 0 Å². The van der Waals surface area contributed by atoms with Crippen LogP contribution in [-0.4, -0.2) is 33.3 Å². The zero-order valence-corrected chi connectivity index (χ0v) is 9.61. The Morgan fingerprint density at radius 2 is 2.00 bits per heavy atom. The van der Waals surface area contributed by atoms with E-state index >= 15 is 0 Å². The highest BCUT2D eigenvalue weighted by Gasteiger charge is 2.39. The van der Waals surface area contributed by atoms with Crippen molar-refractivity contribution < 1.29 is 19.5 Å². The topological polar surface area (TPSA) is 74.7 Å². The fourth-order valence-corrected chi connectivity index (χ4v) is 1.69. The van der Waals surface area contributed by atoms with E-state index in [1.165, 1.54) is 6.08 Å². The van der Waals surface area contributed by atoms with Crippen LogP contribution in [0.2, 0.25) is 0 Å². The molecule has 0 aromatic heterocycles. The number of carbonyl (C=O) groups is 3. The Labute approximate surface area is 93.7 Å². The van der Waals surface area contributed by atoms with Crippen LogP contribution in [0.4, 0.5) is 0 Å². The lowest BCUT2D eigenvalue weighted by molar-refractivity contribution is -0.146. The molecule has 0 aromatic rings. The molecule has 0 atom stereocenters. The van der Waals surface area contributed by atoms with Crippen LogP contribution < -0.4 is 0 Å². The number of hydrogen-bond donors (Lipinski definition) is 1. The average Bonchev–Trinajstić information content (AvgIpc) is 2.38. The lowest BCUT2D eigenvalue weighted by Crippen LogP contribution is -2.48. The summed E-state index contributed by atoms with van der Waals surface area (Å²) in [5, 5.41) is 8.60. The van der Waals surface area contributed by atoms with Gasteiger partial charge in [-0.2, -0.15) is 0 Å². The smallest absolute Gasteiger partial charge is 0.303 e. The first kappa shape index (κ1) is 12.4. The van der Waals surface area contributed by atoms with Gasteiger partial charge < -0.3 is 5.11 Å². The first-order valence-electron chi connectivity index (χ1n) is 5.04. The summed E-state index contributed by atoms with van der Waals surface area (Å²) in [6.45, 7) is 4.96. The molecule has 1 aliphatic heterocycles. The van der Waals surface area contributed by atoms with Gasteiger partial charge in [0, 0.05) is 23.6 Å². The molecule has 1 heterocycles. The van der Waals surface area contributed by atoms with E-state index in [1.54, 1.807) is 20.8 Å². The molecular weight excluding hydrogens is 210 g/mol. The van der Waals surface area contributed by atoms with Crippen molar-refractivity contribution in [3.63, 3.8) is 0 Å². The van der Waals surface area contributed by atoms with Gasteiger partial charge in [-0.3, -0.25) is 19.3 Å². The van der Waals surface area contributed by atoms with Crippen LogP contribution in [0.1, 0.15) is 33.6 Å². The SMILES string of the molecule is CC1=CC(=O)N(C(C)(C)CCC(=O)O)C1=O. The molecule has 16 heavy (non-hydrogen) atoms. The van der Waals surface area contributed by atoms with Crippen LogP contribution in [-0.2, 0) is 14.4 Å². The lowest BCUT2D eigenvalue weighted by atomic mass is 9.96. The van der Waals surface area contributed by atoms with Crippen LogP contribution in [0.3, 0.4) is 0 Å². The monoisotopic (exact) mass is 225 g/mol. The Morgan fingerprint density at radius 1 is 1.44 bits per heavy atom. The first-order valence-corrected chi connectivity index (χ1v) is 5.04. The fraction of sp³-hybridized carbons (Fsp3) is 0.545. The van der Waals surface area contributed by atoms with Crippen molar-refractivity contribution in [1.29, 1.82) is 0 Å². The molecule has 1 N–H and O–H groups in total. The van der Waals surface area contributed by atoms with Gasteiger partial charge >= 0.3 is 5.97 Å². The summed E-state index contributed by atoms with van der Waals surface area (Å²) in [6, 6.07) is 0. The van der Waals surface area contributed by atoms with E-state index in [1.807, 2.05) is 0 Å². The zero-order valence-electron chi connectivity index (χ0n) is 9.61. The van der Waals surface area contributed by atoms with Gasteiger partial charge in [0.05, 0.1) is 0 Å². The molecule has 0 unspecified atom stereocenters. The van der Waals surface area contributed by atoms with Crippen molar-refractivity contribution in [3.05, 3.63) is 11.6 Å². The molecule has 5 heteroatoms. The van der Waals surface area contributed by atoms with Crippen molar-refractivity contribution >= 4 is 17.8 Å². The Hall–Kier alpha value is -1.65. The Kier molecular flexibility index (Phi) is 3.16. The van der Waals surface area contributed by atoms with Crippen molar-refractivity contribution in [3.8, 4) is 0 Å². The summed E-state index contributed by atoms with van der Waals surface area (Å²) < 4.78 is 0. The summed E-state index contributed by atoms with van der Waals surface area (Å²) in [6.07, 6.45) is 1.47. The molecule has 0 saturated heterocycles. The predicted octanol–water partition coefficient (Wildman–Crippen LogP) is 0.945. The molecule has 2 amide bonds. The molecule has 0 aliphatic carbocycles. The third-order valence-electron chi connectivity index (χ3n) is 2.66. The van der Waals surface area contributed by atoms with Crippen molar-refractivity contribution in [2.24, 2.45) is 0 Å². The van der Waals surface area contributed by atoms with Gasteiger partial charge in [0.25, 0.3) is 11.8 Å². The molecule has 0 aromatic carbocycles. The predicted molar refractivity (Wildman–Crippen MR) is 56.6 cm³/mol. The number of aliphatic carboxylic acids is 1. The maximum atomic E-state index is 11.7. The number of hydrogen-bond acceptors (Lipinski definition) is 3. The minimum atomic E-state index is -0.933. The maximum absolute atomic E-state index is 11.7. The second kappa shape index (κ2) is 4.08. The molecule has 0 fully saturated rings. The minimum Gasteiger partial charge on any atom is -0.481 e.